The van der Waals surface area contributed by atoms with Crippen molar-refractivity contribution < 1.29 is 19.1 Å². The van der Waals surface area contributed by atoms with Crippen molar-refractivity contribution in [1.82, 2.24) is 4.90 Å². The third kappa shape index (κ3) is 2.66. The molecule has 0 bridgehead atoms. The summed E-state index contributed by atoms with van der Waals surface area (Å²) in [5.74, 6) is -0.589. The fourth-order valence-corrected chi connectivity index (χ4v) is 1.84. The largest absolute Gasteiger partial charge is 0.484 e. The van der Waals surface area contributed by atoms with Crippen LogP contribution >= 0.6 is 0 Å². The van der Waals surface area contributed by atoms with E-state index in [2.05, 4.69) is 0 Å². The monoisotopic (exact) mass is 269 g/mol. The van der Waals surface area contributed by atoms with Crippen LogP contribution in [0.3, 0.4) is 0 Å². The van der Waals surface area contributed by atoms with Gasteiger partial charge < -0.3 is 9.47 Å². The average Bonchev–Trinajstić information content (AvgIpc) is 2.44. The van der Waals surface area contributed by atoms with Gasteiger partial charge in [-0.3, -0.25) is 14.5 Å². The van der Waals surface area contributed by atoms with E-state index < -0.39 is 5.54 Å². The summed E-state index contributed by atoms with van der Waals surface area (Å²) < 4.78 is 11.0. The molecule has 1 rings (SSSR count). The molecule has 0 unspecified atom stereocenters. The Balaban J connectivity index is 3.26. The Hall–Kier alpha value is -1.36. The third-order valence-electron chi connectivity index (χ3n) is 3.10. The van der Waals surface area contributed by atoms with Crippen molar-refractivity contribution >= 4 is 11.6 Å². The van der Waals surface area contributed by atoms with E-state index in [0.717, 1.165) is 0 Å². The number of carbonyl (C=O) groups excluding carboxylic acids is 2. The highest BCUT2D eigenvalue weighted by Gasteiger charge is 2.55. The van der Waals surface area contributed by atoms with Gasteiger partial charge in [-0.25, -0.2) is 0 Å². The first-order chi connectivity index (χ1) is 8.62. The van der Waals surface area contributed by atoms with E-state index in [-0.39, 0.29) is 35.3 Å². The van der Waals surface area contributed by atoms with Crippen molar-refractivity contribution in [3.05, 3.63) is 11.5 Å². The van der Waals surface area contributed by atoms with Gasteiger partial charge in [0.1, 0.15) is 0 Å². The summed E-state index contributed by atoms with van der Waals surface area (Å²) in [4.78, 5) is 26.6. The maximum atomic E-state index is 12.5. The van der Waals surface area contributed by atoms with Crippen molar-refractivity contribution in [2.24, 2.45) is 0 Å². The first-order valence-electron chi connectivity index (χ1n) is 6.47. The normalized spacial score (nSPS) is 19.1. The summed E-state index contributed by atoms with van der Waals surface area (Å²) in [6, 6.07) is 0. The van der Waals surface area contributed by atoms with E-state index in [9.17, 15) is 9.59 Å². The lowest BCUT2D eigenvalue weighted by Crippen LogP contribution is -2.52. The zero-order chi connectivity index (χ0) is 15.0. The summed E-state index contributed by atoms with van der Waals surface area (Å²) in [7, 11) is 3.39. The first kappa shape index (κ1) is 15.7. The van der Waals surface area contributed by atoms with Gasteiger partial charge in [-0.2, -0.15) is 0 Å². The quantitative estimate of drug-likeness (QED) is 0.708. The maximum Gasteiger partial charge on any atom is 0.229 e. The standard InChI is InChI=1S/C14H23NO4/c1-8(2)18-10-11(19-9(3)4)13(17)14(5,12(10)16)15(6)7/h8-9H,1-7H3. The van der Waals surface area contributed by atoms with Crippen LogP contribution in [0.5, 0.6) is 0 Å². The molecule has 0 aromatic heterocycles. The number of ketones is 2. The van der Waals surface area contributed by atoms with Crippen LogP contribution in [0.25, 0.3) is 0 Å². The molecule has 0 heterocycles. The highest BCUT2D eigenvalue weighted by atomic mass is 16.5. The third-order valence-corrected chi connectivity index (χ3v) is 3.10. The Bertz CT molecular complexity index is 389. The summed E-state index contributed by atoms with van der Waals surface area (Å²) in [6.07, 6.45) is -0.385. The molecule has 108 valence electrons. The smallest absolute Gasteiger partial charge is 0.229 e. The Morgan fingerprint density at radius 2 is 1.21 bits per heavy atom. The summed E-state index contributed by atoms with van der Waals surface area (Å²) in [5, 5.41) is 0. The van der Waals surface area contributed by atoms with Crippen LogP contribution < -0.4 is 0 Å². The highest BCUT2D eigenvalue weighted by Crippen LogP contribution is 2.34. The molecule has 0 fully saturated rings. The van der Waals surface area contributed by atoms with Crippen LogP contribution in [0.15, 0.2) is 11.5 Å². The predicted molar refractivity (Wildman–Crippen MR) is 71.6 cm³/mol. The average molecular weight is 269 g/mol. The van der Waals surface area contributed by atoms with Gasteiger partial charge in [-0.05, 0) is 48.7 Å². The lowest BCUT2D eigenvalue weighted by atomic mass is 9.95. The zero-order valence-electron chi connectivity index (χ0n) is 12.7. The second-order valence-corrected chi connectivity index (χ2v) is 5.62. The van der Waals surface area contributed by atoms with E-state index in [1.54, 1.807) is 25.9 Å². The zero-order valence-corrected chi connectivity index (χ0v) is 12.7. The van der Waals surface area contributed by atoms with Gasteiger partial charge in [0, 0.05) is 0 Å². The number of likely N-dealkylation sites (N-methyl/N-ethyl adjacent to an activating group) is 1. The van der Waals surface area contributed by atoms with Gasteiger partial charge in [-0.15, -0.1) is 0 Å². The number of nitrogens with zero attached hydrogens (tertiary/aromatic N) is 1. The molecule has 0 spiro atoms. The van der Waals surface area contributed by atoms with Crippen LogP contribution in [0.4, 0.5) is 0 Å². The van der Waals surface area contributed by atoms with Crippen LogP contribution in [0.1, 0.15) is 34.6 Å². The fourth-order valence-electron chi connectivity index (χ4n) is 1.84. The molecule has 0 aromatic carbocycles. The molecule has 5 nitrogen and oxygen atoms in total. The van der Waals surface area contributed by atoms with E-state index in [0.29, 0.717) is 0 Å². The molecule has 0 aliphatic heterocycles. The van der Waals surface area contributed by atoms with Gasteiger partial charge in [0.15, 0.2) is 5.54 Å². The fraction of sp³-hybridized carbons (Fsp3) is 0.714. The Labute approximate surface area is 114 Å². The van der Waals surface area contributed by atoms with E-state index in [1.165, 1.54) is 0 Å². The van der Waals surface area contributed by atoms with E-state index in [4.69, 9.17) is 9.47 Å². The molecule has 0 saturated heterocycles. The molecule has 0 atom stereocenters. The minimum Gasteiger partial charge on any atom is -0.484 e. The van der Waals surface area contributed by atoms with E-state index in [1.807, 2.05) is 27.7 Å². The lowest BCUT2D eigenvalue weighted by molar-refractivity contribution is -0.136. The molecule has 1 aliphatic carbocycles. The topological polar surface area (TPSA) is 55.8 Å². The van der Waals surface area contributed by atoms with Crippen molar-refractivity contribution in [3.8, 4) is 0 Å². The molecule has 0 radical (unpaired) electrons. The van der Waals surface area contributed by atoms with E-state index >= 15 is 0 Å². The van der Waals surface area contributed by atoms with Crippen molar-refractivity contribution in [2.45, 2.75) is 52.4 Å². The summed E-state index contributed by atoms with van der Waals surface area (Å²) in [5.41, 5.74) is -1.24. The number of carbonyl (C=O) groups is 2. The number of Topliss-reactive ketones (excluding diaryl/α,β-unsaturated/α-hetero) is 2. The van der Waals surface area contributed by atoms with Gasteiger partial charge in [0.25, 0.3) is 0 Å². The predicted octanol–water partition coefficient (Wildman–Crippen LogP) is 1.52. The molecule has 19 heavy (non-hydrogen) atoms. The van der Waals surface area contributed by atoms with Gasteiger partial charge in [-0.1, -0.05) is 0 Å². The molecule has 0 aromatic rings. The second kappa shape index (κ2) is 5.33. The highest BCUT2D eigenvalue weighted by molar-refractivity contribution is 6.29. The van der Waals surface area contributed by atoms with Crippen molar-refractivity contribution in [3.63, 3.8) is 0 Å². The van der Waals surface area contributed by atoms with Gasteiger partial charge >= 0.3 is 0 Å². The van der Waals surface area contributed by atoms with Crippen molar-refractivity contribution in [1.29, 1.82) is 0 Å². The number of ether oxygens (including phenoxy) is 2. The van der Waals surface area contributed by atoms with Gasteiger partial charge in [0.2, 0.25) is 23.1 Å². The molecule has 1 aliphatic rings. The molecular weight excluding hydrogens is 246 g/mol. The van der Waals surface area contributed by atoms with Gasteiger partial charge in [0.05, 0.1) is 12.2 Å². The molecule has 0 N–H and O–H groups in total. The second-order valence-electron chi connectivity index (χ2n) is 5.62. The van der Waals surface area contributed by atoms with Crippen LogP contribution in [-0.2, 0) is 19.1 Å². The molecule has 5 heteroatoms. The summed E-state index contributed by atoms with van der Waals surface area (Å²) in [6.45, 7) is 8.83. The Morgan fingerprint density at radius 1 is 0.895 bits per heavy atom. The van der Waals surface area contributed by atoms with Crippen LogP contribution in [0, 0.1) is 0 Å². The Morgan fingerprint density at radius 3 is 1.42 bits per heavy atom. The molecule has 0 amide bonds. The number of rotatable bonds is 5. The summed E-state index contributed by atoms with van der Waals surface area (Å²) >= 11 is 0. The first-order valence-corrected chi connectivity index (χ1v) is 6.47. The van der Waals surface area contributed by atoms with Crippen LogP contribution in [0.2, 0.25) is 0 Å². The maximum absolute atomic E-state index is 12.5. The number of hydrogen-bond donors (Lipinski definition) is 0. The number of hydrogen-bond acceptors (Lipinski definition) is 5. The SMILES string of the molecule is CC(C)OC1=C(OC(C)C)C(=O)C(C)(N(C)C)C1=O. The minimum atomic E-state index is -1.24. The lowest BCUT2D eigenvalue weighted by Gasteiger charge is -2.28. The molecular formula is C14H23NO4. The van der Waals surface area contributed by atoms with Crippen molar-refractivity contribution in [2.75, 3.05) is 14.1 Å². The Kier molecular flexibility index (Phi) is 4.40. The molecule has 0 saturated carbocycles. The minimum absolute atomic E-state index is 0.0462. The van der Waals surface area contributed by atoms with Crippen LogP contribution in [-0.4, -0.2) is 48.3 Å².